The van der Waals surface area contributed by atoms with Gasteiger partial charge in [0.2, 0.25) is 10.0 Å². The number of nitrogens with one attached hydrogen (secondary N) is 1. The topological polar surface area (TPSA) is 55.4 Å². The predicted molar refractivity (Wildman–Crippen MR) is 70.6 cm³/mol. The third-order valence-corrected chi connectivity index (χ3v) is 4.89. The fourth-order valence-electron chi connectivity index (χ4n) is 1.94. The molecule has 0 amide bonds. The van der Waals surface area contributed by atoms with E-state index >= 15 is 0 Å². The van der Waals surface area contributed by atoms with Crippen LogP contribution in [0.2, 0.25) is 5.02 Å². The van der Waals surface area contributed by atoms with Gasteiger partial charge in [-0.2, -0.15) is 13.2 Å². The summed E-state index contributed by atoms with van der Waals surface area (Å²) in [4.78, 5) is -0.460. The van der Waals surface area contributed by atoms with Crippen molar-refractivity contribution in [1.82, 2.24) is 4.72 Å². The van der Waals surface area contributed by atoms with E-state index in [-0.39, 0.29) is 12.5 Å². The summed E-state index contributed by atoms with van der Waals surface area (Å²) in [5, 5.41) is -0.536. The highest BCUT2D eigenvalue weighted by molar-refractivity contribution is 7.89. The van der Waals surface area contributed by atoms with Crippen LogP contribution in [0.4, 0.5) is 13.2 Å². The molecule has 0 unspecified atom stereocenters. The van der Waals surface area contributed by atoms with Crippen molar-refractivity contribution in [2.75, 3.05) is 19.8 Å². The number of ether oxygens (including phenoxy) is 1. The zero-order valence-corrected chi connectivity index (χ0v) is 12.4. The lowest BCUT2D eigenvalue weighted by molar-refractivity contribution is -0.137. The van der Waals surface area contributed by atoms with Gasteiger partial charge in [0.15, 0.2) is 0 Å². The number of rotatable bonds is 4. The second-order valence-electron chi connectivity index (χ2n) is 4.72. The molecule has 4 nitrogen and oxygen atoms in total. The maximum Gasteiger partial charge on any atom is 0.417 e. The van der Waals surface area contributed by atoms with Crippen molar-refractivity contribution in [2.45, 2.75) is 17.5 Å². The molecule has 1 aromatic rings. The van der Waals surface area contributed by atoms with Gasteiger partial charge in [0.1, 0.15) is 0 Å². The van der Waals surface area contributed by atoms with E-state index in [0.717, 1.165) is 18.6 Å². The number of benzene rings is 1. The van der Waals surface area contributed by atoms with Gasteiger partial charge < -0.3 is 4.74 Å². The average Bonchev–Trinajstić information content (AvgIpc) is 2.88. The van der Waals surface area contributed by atoms with Crippen LogP contribution in [0.15, 0.2) is 23.1 Å². The highest BCUT2D eigenvalue weighted by Crippen LogP contribution is 2.35. The molecule has 0 saturated carbocycles. The van der Waals surface area contributed by atoms with E-state index in [1.165, 1.54) is 0 Å². The molecular weight excluding hydrogens is 331 g/mol. The van der Waals surface area contributed by atoms with Crippen molar-refractivity contribution in [3.8, 4) is 0 Å². The molecule has 1 saturated heterocycles. The standard InChI is InChI=1S/C12H13ClF3NO3S/c13-11-2-1-9(5-10(11)12(14,15)16)21(18,19)17-6-8-3-4-20-7-8/h1-2,5,8,17H,3-4,6-7H2/t8-/m1/s1. The maximum atomic E-state index is 12.7. The monoisotopic (exact) mass is 343 g/mol. The third-order valence-electron chi connectivity index (χ3n) is 3.14. The summed E-state index contributed by atoms with van der Waals surface area (Å²) in [6.07, 6.45) is -3.99. The summed E-state index contributed by atoms with van der Waals surface area (Å²) in [6, 6.07) is 2.51. The maximum absolute atomic E-state index is 12.7. The first-order valence-electron chi connectivity index (χ1n) is 6.14. The van der Waals surface area contributed by atoms with E-state index in [9.17, 15) is 21.6 Å². The summed E-state index contributed by atoms with van der Waals surface area (Å²) in [5.41, 5.74) is -1.17. The van der Waals surface area contributed by atoms with E-state index in [4.69, 9.17) is 16.3 Å². The zero-order valence-electron chi connectivity index (χ0n) is 10.8. The Labute approximate surface area is 125 Å². The molecule has 1 heterocycles. The van der Waals surface area contributed by atoms with Crippen LogP contribution < -0.4 is 4.72 Å². The quantitative estimate of drug-likeness (QED) is 0.914. The summed E-state index contributed by atoms with van der Waals surface area (Å²) >= 11 is 5.46. The van der Waals surface area contributed by atoms with Crippen molar-refractivity contribution in [3.63, 3.8) is 0 Å². The van der Waals surface area contributed by atoms with Crippen molar-refractivity contribution in [2.24, 2.45) is 5.92 Å². The lowest BCUT2D eigenvalue weighted by Crippen LogP contribution is -2.29. The molecule has 0 aliphatic carbocycles. The molecule has 21 heavy (non-hydrogen) atoms. The van der Waals surface area contributed by atoms with Gasteiger partial charge in [0.05, 0.1) is 22.1 Å². The molecule has 9 heteroatoms. The molecule has 0 radical (unpaired) electrons. The Morgan fingerprint density at radius 3 is 2.67 bits per heavy atom. The fraction of sp³-hybridized carbons (Fsp3) is 0.500. The van der Waals surface area contributed by atoms with E-state index in [2.05, 4.69) is 4.72 Å². The van der Waals surface area contributed by atoms with Crippen LogP contribution >= 0.6 is 11.6 Å². The molecule has 1 atom stereocenters. The van der Waals surface area contributed by atoms with Gasteiger partial charge in [-0.05, 0) is 30.5 Å². The number of alkyl halides is 3. The first kappa shape index (κ1) is 16.5. The third kappa shape index (κ3) is 4.09. The molecule has 1 N–H and O–H groups in total. The summed E-state index contributed by atoms with van der Waals surface area (Å²) in [6.45, 7) is 1.13. The minimum atomic E-state index is -4.71. The Balaban J connectivity index is 2.19. The highest BCUT2D eigenvalue weighted by Gasteiger charge is 2.34. The van der Waals surface area contributed by atoms with Crippen LogP contribution in [0, 0.1) is 5.92 Å². The SMILES string of the molecule is O=S(=O)(NC[C@H]1CCOC1)c1ccc(Cl)c(C(F)(F)F)c1. The highest BCUT2D eigenvalue weighted by atomic mass is 35.5. The van der Waals surface area contributed by atoms with Gasteiger partial charge in [-0.3, -0.25) is 0 Å². The number of hydrogen-bond donors (Lipinski definition) is 1. The number of hydrogen-bond acceptors (Lipinski definition) is 3. The molecule has 2 rings (SSSR count). The minimum absolute atomic E-state index is 0.0363. The lowest BCUT2D eigenvalue weighted by atomic mass is 10.1. The Morgan fingerprint density at radius 1 is 1.38 bits per heavy atom. The van der Waals surface area contributed by atoms with Crippen molar-refractivity contribution >= 4 is 21.6 Å². The molecule has 118 valence electrons. The van der Waals surface area contributed by atoms with Crippen LogP contribution in [-0.2, 0) is 20.9 Å². The van der Waals surface area contributed by atoms with Crippen molar-refractivity contribution in [1.29, 1.82) is 0 Å². The van der Waals surface area contributed by atoms with Gasteiger partial charge >= 0.3 is 6.18 Å². The van der Waals surface area contributed by atoms with E-state index in [0.29, 0.717) is 19.3 Å². The first-order valence-corrected chi connectivity index (χ1v) is 8.00. The Morgan fingerprint density at radius 2 is 2.10 bits per heavy atom. The Bertz CT molecular complexity index is 613. The van der Waals surface area contributed by atoms with Gasteiger partial charge in [0.25, 0.3) is 0 Å². The van der Waals surface area contributed by atoms with Crippen LogP contribution in [0.1, 0.15) is 12.0 Å². The normalized spacial score (nSPS) is 19.9. The zero-order chi connectivity index (χ0) is 15.7. The predicted octanol–water partition coefficient (Wildman–Crippen LogP) is 2.67. The second-order valence-corrected chi connectivity index (χ2v) is 6.90. The van der Waals surface area contributed by atoms with Crippen molar-refractivity contribution in [3.05, 3.63) is 28.8 Å². The number of halogens is 4. The largest absolute Gasteiger partial charge is 0.417 e. The summed E-state index contributed by atoms with van der Waals surface area (Å²) < 4.78 is 69.6. The number of sulfonamides is 1. The van der Waals surface area contributed by atoms with Crippen LogP contribution in [0.25, 0.3) is 0 Å². The van der Waals surface area contributed by atoms with Crippen LogP contribution in [0.5, 0.6) is 0 Å². The van der Waals surface area contributed by atoms with Gasteiger partial charge in [-0.15, -0.1) is 0 Å². The van der Waals surface area contributed by atoms with Crippen molar-refractivity contribution < 1.29 is 26.3 Å². The van der Waals surface area contributed by atoms with Crippen LogP contribution in [-0.4, -0.2) is 28.2 Å². The summed E-state index contributed by atoms with van der Waals surface area (Å²) in [5.74, 6) is 0.0363. The smallest absolute Gasteiger partial charge is 0.381 e. The lowest BCUT2D eigenvalue weighted by Gasteiger charge is -2.13. The Hall–Kier alpha value is -0.830. The van der Waals surface area contributed by atoms with E-state index in [1.54, 1.807) is 0 Å². The molecule has 0 spiro atoms. The molecule has 1 fully saturated rings. The van der Waals surface area contributed by atoms with E-state index in [1.807, 2.05) is 0 Å². The molecular formula is C12H13ClF3NO3S. The molecule has 1 aliphatic heterocycles. The second kappa shape index (κ2) is 6.12. The summed E-state index contributed by atoms with van der Waals surface area (Å²) in [7, 11) is -4.01. The molecule has 1 aliphatic rings. The fourth-order valence-corrected chi connectivity index (χ4v) is 3.31. The van der Waals surface area contributed by atoms with Gasteiger partial charge in [0, 0.05) is 13.2 Å². The average molecular weight is 344 g/mol. The van der Waals surface area contributed by atoms with E-state index < -0.39 is 31.7 Å². The first-order chi connectivity index (χ1) is 9.70. The van der Waals surface area contributed by atoms with Gasteiger partial charge in [-0.25, -0.2) is 13.1 Å². The molecule has 0 bridgehead atoms. The minimum Gasteiger partial charge on any atom is -0.381 e. The molecule has 0 aromatic heterocycles. The molecule has 1 aromatic carbocycles. The Kier molecular flexibility index (Phi) is 4.82. The van der Waals surface area contributed by atoms with Gasteiger partial charge in [-0.1, -0.05) is 11.6 Å². The van der Waals surface area contributed by atoms with Crippen LogP contribution in [0.3, 0.4) is 0 Å².